The van der Waals surface area contributed by atoms with Gasteiger partial charge in [0.2, 0.25) is 0 Å². The van der Waals surface area contributed by atoms with E-state index in [0.717, 1.165) is 36.8 Å². The zero-order valence-electron chi connectivity index (χ0n) is 13.3. The first-order chi connectivity index (χ1) is 11.4. The summed E-state index contributed by atoms with van der Waals surface area (Å²) in [6.45, 7) is 4.96. The van der Waals surface area contributed by atoms with Gasteiger partial charge in [0.15, 0.2) is 0 Å². The number of aromatic nitrogens is 2. The molecule has 4 rings (SSSR count). The monoisotopic (exact) mass is 310 g/mol. The van der Waals surface area contributed by atoms with Crippen molar-refractivity contribution >= 4 is 5.82 Å². The molecule has 1 N–H and O–H groups in total. The molecule has 5 nitrogen and oxygen atoms in total. The van der Waals surface area contributed by atoms with E-state index in [9.17, 15) is 0 Å². The Balaban J connectivity index is 1.51. The van der Waals surface area contributed by atoms with E-state index in [-0.39, 0.29) is 0 Å². The van der Waals surface area contributed by atoms with E-state index < -0.39 is 0 Å². The first kappa shape index (κ1) is 14.5. The van der Waals surface area contributed by atoms with Crippen molar-refractivity contribution in [3.8, 4) is 5.75 Å². The van der Waals surface area contributed by atoms with E-state index in [0.29, 0.717) is 6.61 Å². The molecule has 0 unspecified atom stereocenters. The summed E-state index contributed by atoms with van der Waals surface area (Å²) in [5, 5.41) is 3.51. The van der Waals surface area contributed by atoms with Crippen molar-refractivity contribution < 1.29 is 4.74 Å². The van der Waals surface area contributed by atoms with Crippen molar-refractivity contribution in [2.75, 3.05) is 31.5 Å². The van der Waals surface area contributed by atoms with Crippen LogP contribution in [0.1, 0.15) is 29.7 Å². The minimum absolute atomic E-state index is 0.510. The zero-order chi connectivity index (χ0) is 15.5. The molecule has 2 aliphatic heterocycles. The van der Waals surface area contributed by atoms with Crippen LogP contribution in [0.25, 0.3) is 0 Å². The van der Waals surface area contributed by atoms with Gasteiger partial charge in [-0.05, 0) is 37.6 Å². The normalized spacial score (nSPS) is 17.0. The summed E-state index contributed by atoms with van der Waals surface area (Å²) in [4.78, 5) is 11.4. The molecule has 5 heteroatoms. The fourth-order valence-electron chi connectivity index (χ4n) is 3.38. The Labute approximate surface area is 136 Å². The van der Waals surface area contributed by atoms with E-state index in [1.54, 1.807) is 6.33 Å². The van der Waals surface area contributed by atoms with Crippen LogP contribution in [-0.2, 0) is 13.0 Å². The molecule has 0 amide bonds. The number of likely N-dealkylation sites (tertiary alicyclic amines) is 1. The summed E-state index contributed by atoms with van der Waals surface area (Å²) >= 11 is 0. The Morgan fingerprint density at radius 1 is 1.13 bits per heavy atom. The zero-order valence-corrected chi connectivity index (χ0v) is 13.3. The SMILES string of the molecule is c1ccc2c(c1)Cc1c(ncnc1NCCN1CCCC1)CO2. The number of fused-ring (bicyclic) bond motifs is 2. The van der Waals surface area contributed by atoms with Crippen molar-refractivity contribution in [1.29, 1.82) is 0 Å². The lowest BCUT2D eigenvalue weighted by Crippen LogP contribution is -2.26. The van der Waals surface area contributed by atoms with Crippen molar-refractivity contribution in [2.24, 2.45) is 0 Å². The molecule has 0 bridgehead atoms. The van der Waals surface area contributed by atoms with Gasteiger partial charge in [-0.25, -0.2) is 9.97 Å². The molecule has 2 aromatic rings. The lowest BCUT2D eigenvalue weighted by atomic mass is 10.0. The van der Waals surface area contributed by atoms with Crippen LogP contribution in [0.2, 0.25) is 0 Å². The van der Waals surface area contributed by atoms with Crippen LogP contribution in [-0.4, -0.2) is 41.0 Å². The Hall–Kier alpha value is -2.14. The molecule has 120 valence electrons. The topological polar surface area (TPSA) is 50.3 Å². The molecule has 1 aromatic carbocycles. The van der Waals surface area contributed by atoms with Crippen LogP contribution in [0, 0.1) is 0 Å². The largest absolute Gasteiger partial charge is 0.487 e. The number of nitrogens with zero attached hydrogens (tertiary/aromatic N) is 3. The second-order valence-electron chi connectivity index (χ2n) is 6.20. The van der Waals surface area contributed by atoms with Gasteiger partial charge in [0.05, 0.1) is 5.69 Å². The minimum atomic E-state index is 0.510. The molecule has 1 fully saturated rings. The third kappa shape index (κ3) is 3.15. The fourth-order valence-corrected chi connectivity index (χ4v) is 3.38. The van der Waals surface area contributed by atoms with Gasteiger partial charge in [-0.2, -0.15) is 0 Å². The molecular weight excluding hydrogens is 288 g/mol. The number of anilines is 1. The van der Waals surface area contributed by atoms with Crippen molar-refractivity contribution in [1.82, 2.24) is 14.9 Å². The highest BCUT2D eigenvalue weighted by atomic mass is 16.5. The third-order valence-corrected chi connectivity index (χ3v) is 4.66. The first-order valence-electron chi connectivity index (χ1n) is 8.40. The highest BCUT2D eigenvalue weighted by Gasteiger charge is 2.19. The standard InChI is InChI=1S/C18H22N4O/c1-2-6-17-14(5-1)11-15-16(12-23-17)20-13-21-18(15)19-7-10-22-8-3-4-9-22/h1-2,5-6,13H,3-4,7-12H2,(H,19,20,21). The first-order valence-corrected chi connectivity index (χ1v) is 8.40. The average Bonchev–Trinajstić information content (AvgIpc) is 3.01. The number of nitrogens with one attached hydrogen (secondary N) is 1. The molecule has 0 atom stereocenters. The van der Waals surface area contributed by atoms with E-state index in [1.165, 1.54) is 37.1 Å². The van der Waals surface area contributed by atoms with E-state index in [4.69, 9.17) is 4.74 Å². The predicted molar refractivity (Wildman–Crippen MR) is 89.8 cm³/mol. The maximum absolute atomic E-state index is 5.89. The van der Waals surface area contributed by atoms with Gasteiger partial charge in [-0.3, -0.25) is 0 Å². The van der Waals surface area contributed by atoms with Gasteiger partial charge in [0.25, 0.3) is 0 Å². The van der Waals surface area contributed by atoms with Crippen molar-refractivity contribution in [3.05, 3.63) is 47.4 Å². The highest BCUT2D eigenvalue weighted by molar-refractivity contribution is 5.51. The van der Waals surface area contributed by atoms with Gasteiger partial charge in [-0.15, -0.1) is 0 Å². The van der Waals surface area contributed by atoms with Crippen LogP contribution in [0.3, 0.4) is 0 Å². The molecule has 2 aliphatic rings. The number of ether oxygens (including phenoxy) is 1. The maximum atomic E-state index is 5.89. The average molecular weight is 310 g/mol. The van der Waals surface area contributed by atoms with Crippen LogP contribution >= 0.6 is 0 Å². The summed E-state index contributed by atoms with van der Waals surface area (Å²) in [5.41, 5.74) is 3.35. The molecule has 1 saturated heterocycles. The molecule has 0 saturated carbocycles. The van der Waals surface area contributed by atoms with E-state index in [1.807, 2.05) is 12.1 Å². The lowest BCUT2D eigenvalue weighted by molar-refractivity contribution is 0.302. The lowest BCUT2D eigenvalue weighted by Gasteiger charge is -2.16. The number of benzene rings is 1. The summed E-state index contributed by atoms with van der Waals surface area (Å²) in [7, 11) is 0. The second-order valence-corrected chi connectivity index (χ2v) is 6.20. The number of rotatable bonds is 4. The number of hydrogen-bond acceptors (Lipinski definition) is 5. The Kier molecular flexibility index (Phi) is 4.11. The van der Waals surface area contributed by atoms with Gasteiger partial charge < -0.3 is 15.0 Å². The Bertz CT molecular complexity index is 682. The quantitative estimate of drug-likeness (QED) is 0.940. The maximum Gasteiger partial charge on any atom is 0.133 e. The van der Waals surface area contributed by atoms with E-state index >= 15 is 0 Å². The smallest absolute Gasteiger partial charge is 0.133 e. The summed E-state index contributed by atoms with van der Waals surface area (Å²) in [6, 6.07) is 8.20. The molecule has 1 aromatic heterocycles. The number of para-hydroxylation sites is 1. The van der Waals surface area contributed by atoms with Gasteiger partial charge in [0, 0.05) is 25.1 Å². The van der Waals surface area contributed by atoms with Crippen LogP contribution in [0.5, 0.6) is 5.75 Å². The summed E-state index contributed by atoms with van der Waals surface area (Å²) in [6.07, 6.45) is 5.11. The van der Waals surface area contributed by atoms with Gasteiger partial charge >= 0.3 is 0 Å². The van der Waals surface area contributed by atoms with Crippen LogP contribution in [0.15, 0.2) is 30.6 Å². The van der Waals surface area contributed by atoms with Crippen molar-refractivity contribution in [2.45, 2.75) is 25.9 Å². The van der Waals surface area contributed by atoms with Crippen LogP contribution < -0.4 is 10.1 Å². The van der Waals surface area contributed by atoms with E-state index in [2.05, 4.69) is 32.3 Å². The molecular formula is C18H22N4O. The molecule has 0 radical (unpaired) electrons. The Morgan fingerprint density at radius 3 is 2.91 bits per heavy atom. The van der Waals surface area contributed by atoms with Crippen LogP contribution in [0.4, 0.5) is 5.82 Å². The fraction of sp³-hybridized carbons (Fsp3) is 0.444. The van der Waals surface area contributed by atoms with Gasteiger partial charge in [-0.1, -0.05) is 18.2 Å². The molecule has 0 aliphatic carbocycles. The minimum Gasteiger partial charge on any atom is -0.487 e. The third-order valence-electron chi connectivity index (χ3n) is 4.66. The second kappa shape index (κ2) is 6.54. The molecule has 3 heterocycles. The summed E-state index contributed by atoms with van der Waals surface area (Å²) in [5.74, 6) is 1.91. The molecule has 23 heavy (non-hydrogen) atoms. The molecule has 0 spiro atoms. The number of hydrogen-bond donors (Lipinski definition) is 1. The van der Waals surface area contributed by atoms with Crippen molar-refractivity contribution in [3.63, 3.8) is 0 Å². The van der Waals surface area contributed by atoms with Gasteiger partial charge in [0.1, 0.15) is 24.5 Å². The highest BCUT2D eigenvalue weighted by Crippen LogP contribution is 2.29. The Morgan fingerprint density at radius 2 is 2.00 bits per heavy atom. The summed E-state index contributed by atoms with van der Waals surface area (Å²) < 4.78 is 5.89. The predicted octanol–water partition coefficient (Wildman–Crippen LogP) is 2.47.